The number of hydrogen-bond acceptors (Lipinski definition) is 3. The van der Waals surface area contributed by atoms with Crippen molar-refractivity contribution in [2.45, 2.75) is 12.6 Å². The van der Waals surface area contributed by atoms with E-state index in [-0.39, 0.29) is 17.7 Å². The first-order valence-corrected chi connectivity index (χ1v) is 6.78. The average molecular weight is 286 g/mol. The van der Waals surface area contributed by atoms with Gasteiger partial charge in [0.2, 0.25) is 0 Å². The molecule has 0 amide bonds. The van der Waals surface area contributed by atoms with Gasteiger partial charge in [0.15, 0.2) is 0 Å². The zero-order valence-corrected chi connectivity index (χ0v) is 11.1. The Bertz CT molecular complexity index is 504. The molecule has 0 aliphatic heterocycles. The number of thiophene rings is 1. The van der Waals surface area contributed by atoms with Crippen LogP contribution >= 0.6 is 22.9 Å². The molecule has 2 aromatic rings. The highest BCUT2D eigenvalue weighted by Crippen LogP contribution is 2.21. The second-order valence-corrected chi connectivity index (χ2v) is 5.31. The third-order valence-electron chi connectivity index (χ3n) is 2.63. The quantitative estimate of drug-likeness (QED) is 0.883. The molecule has 0 aliphatic carbocycles. The van der Waals surface area contributed by atoms with Gasteiger partial charge in [0.1, 0.15) is 5.82 Å². The molecule has 5 heteroatoms. The molecule has 0 bridgehead atoms. The maximum Gasteiger partial charge on any atom is 0.142 e. The molecular formula is C13H13ClFNOS. The lowest BCUT2D eigenvalue weighted by molar-refractivity contribution is 0.243. The van der Waals surface area contributed by atoms with E-state index in [0.717, 1.165) is 0 Å². The standard InChI is InChI=1S/C13H13ClFNOS/c14-11-4-3-9(6-12(11)15)13(8-17)16-7-10-2-1-5-18-10/h1-6,13,16-17H,7-8H2. The summed E-state index contributed by atoms with van der Waals surface area (Å²) in [5.41, 5.74) is 0.691. The fourth-order valence-electron chi connectivity index (χ4n) is 1.65. The van der Waals surface area contributed by atoms with Crippen molar-refractivity contribution in [1.29, 1.82) is 0 Å². The van der Waals surface area contributed by atoms with E-state index in [1.165, 1.54) is 17.0 Å². The van der Waals surface area contributed by atoms with Gasteiger partial charge in [-0.05, 0) is 29.1 Å². The average Bonchev–Trinajstić information content (AvgIpc) is 2.87. The predicted molar refractivity (Wildman–Crippen MR) is 72.4 cm³/mol. The van der Waals surface area contributed by atoms with Crippen LogP contribution < -0.4 is 5.32 Å². The minimum Gasteiger partial charge on any atom is -0.394 e. The first kappa shape index (κ1) is 13.5. The second-order valence-electron chi connectivity index (χ2n) is 3.87. The van der Waals surface area contributed by atoms with Crippen molar-refractivity contribution < 1.29 is 9.50 Å². The van der Waals surface area contributed by atoms with Gasteiger partial charge < -0.3 is 10.4 Å². The molecule has 0 saturated carbocycles. The third kappa shape index (κ3) is 3.29. The van der Waals surface area contributed by atoms with Crippen molar-refractivity contribution in [2.75, 3.05) is 6.61 Å². The van der Waals surface area contributed by atoms with Crippen molar-refractivity contribution in [3.05, 3.63) is 57.0 Å². The summed E-state index contributed by atoms with van der Waals surface area (Å²) in [7, 11) is 0. The van der Waals surface area contributed by atoms with Crippen LogP contribution in [0.4, 0.5) is 4.39 Å². The lowest BCUT2D eigenvalue weighted by Crippen LogP contribution is -2.23. The number of halogens is 2. The highest BCUT2D eigenvalue weighted by Gasteiger charge is 2.12. The largest absolute Gasteiger partial charge is 0.394 e. The maximum absolute atomic E-state index is 13.4. The van der Waals surface area contributed by atoms with Crippen molar-refractivity contribution in [2.24, 2.45) is 0 Å². The molecule has 0 radical (unpaired) electrons. The summed E-state index contributed by atoms with van der Waals surface area (Å²) in [6.07, 6.45) is 0. The molecule has 2 rings (SSSR count). The van der Waals surface area contributed by atoms with Gasteiger partial charge in [0.05, 0.1) is 17.7 Å². The summed E-state index contributed by atoms with van der Waals surface area (Å²) < 4.78 is 13.4. The van der Waals surface area contributed by atoms with Crippen molar-refractivity contribution in [3.63, 3.8) is 0 Å². The molecule has 0 spiro atoms. The molecule has 0 saturated heterocycles. The molecule has 0 aliphatic rings. The summed E-state index contributed by atoms with van der Waals surface area (Å²) in [6.45, 7) is 0.555. The second kappa shape index (κ2) is 6.29. The van der Waals surface area contributed by atoms with E-state index in [0.29, 0.717) is 12.1 Å². The molecule has 18 heavy (non-hydrogen) atoms. The number of rotatable bonds is 5. The number of nitrogens with one attached hydrogen (secondary N) is 1. The number of hydrogen-bond donors (Lipinski definition) is 2. The van der Waals surface area contributed by atoms with E-state index in [9.17, 15) is 9.50 Å². The van der Waals surface area contributed by atoms with Gasteiger partial charge in [-0.25, -0.2) is 4.39 Å². The summed E-state index contributed by atoms with van der Waals surface area (Å²) in [5, 5.41) is 14.6. The Morgan fingerprint density at radius 2 is 2.22 bits per heavy atom. The third-order valence-corrected chi connectivity index (χ3v) is 3.81. The number of aliphatic hydroxyl groups is 1. The van der Waals surface area contributed by atoms with Gasteiger partial charge in [-0.3, -0.25) is 0 Å². The number of benzene rings is 1. The number of aliphatic hydroxyl groups excluding tert-OH is 1. The van der Waals surface area contributed by atoms with Crippen molar-refractivity contribution >= 4 is 22.9 Å². The summed E-state index contributed by atoms with van der Waals surface area (Å²) in [4.78, 5) is 1.17. The minimum absolute atomic E-state index is 0.0908. The van der Waals surface area contributed by atoms with Crippen molar-refractivity contribution in [1.82, 2.24) is 5.32 Å². The predicted octanol–water partition coefficient (Wildman–Crippen LogP) is 3.36. The first-order chi connectivity index (χ1) is 8.70. The van der Waals surface area contributed by atoms with Gasteiger partial charge >= 0.3 is 0 Å². The molecular weight excluding hydrogens is 273 g/mol. The Balaban J connectivity index is 2.05. The fourth-order valence-corrected chi connectivity index (χ4v) is 2.43. The van der Waals surface area contributed by atoms with Crippen LogP contribution in [0.25, 0.3) is 0 Å². The van der Waals surface area contributed by atoms with Crippen LogP contribution in [0.1, 0.15) is 16.5 Å². The van der Waals surface area contributed by atoms with Crippen LogP contribution in [0, 0.1) is 5.82 Å². The highest BCUT2D eigenvalue weighted by molar-refractivity contribution is 7.09. The smallest absolute Gasteiger partial charge is 0.142 e. The van der Waals surface area contributed by atoms with Gasteiger partial charge in [0.25, 0.3) is 0 Å². The summed E-state index contributed by atoms with van der Waals surface area (Å²) in [5.74, 6) is -0.467. The Hall–Kier alpha value is -0.940. The molecule has 1 aromatic carbocycles. The molecule has 96 valence electrons. The van der Waals surface area contributed by atoms with Crippen LogP contribution in [-0.4, -0.2) is 11.7 Å². The topological polar surface area (TPSA) is 32.3 Å². The highest BCUT2D eigenvalue weighted by atomic mass is 35.5. The molecule has 1 aromatic heterocycles. The monoisotopic (exact) mass is 285 g/mol. The van der Waals surface area contributed by atoms with E-state index in [1.807, 2.05) is 17.5 Å². The lowest BCUT2D eigenvalue weighted by Gasteiger charge is -2.16. The van der Waals surface area contributed by atoms with Gasteiger partial charge in [-0.1, -0.05) is 23.7 Å². The Morgan fingerprint density at radius 1 is 1.39 bits per heavy atom. The Kier molecular flexibility index (Phi) is 4.72. The van der Waals surface area contributed by atoms with Gasteiger partial charge in [-0.2, -0.15) is 0 Å². The van der Waals surface area contributed by atoms with E-state index >= 15 is 0 Å². The SMILES string of the molecule is OCC(NCc1cccs1)c1ccc(Cl)c(F)c1. The van der Waals surface area contributed by atoms with E-state index in [2.05, 4.69) is 5.32 Å². The molecule has 2 nitrogen and oxygen atoms in total. The maximum atomic E-state index is 13.4. The lowest BCUT2D eigenvalue weighted by atomic mass is 10.1. The van der Waals surface area contributed by atoms with Gasteiger partial charge in [-0.15, -0.1) is 11.3 Å². The van der Waals surface area contributed by atoms with Crippen LogP contribution in [0.2, 0.25) is 5.02 Å². The normalized spacial score (nSPS) is 12.6. The van der Waals surface area contributed by atoms with Crippen molar-refractivity contribution in [3.8, 4) is 0 Å². The van der Waals surface area contributed by atoms with Crippen LogP contribution in [0.3, 0.4) is 0 Å². The Morgan fingerprint density at radius 3 is 2.83 bits per heavy atom. The zero-order valence-electron chi connectivity index (χ0n) is 9.57. The summed E-state index contributed by atoms with van der Waals surface area (Å²) in [6, 6.07) is 8.26. The first-order valence-electron chi connectivity index (χ1n) is 5.52. The van der Waals surface area contributed by atoms with E-state index in [1.54, 1.807) is 17.4 Å². The van der Waals surface area contributed by atoms with Crippen LogP contribution in [0.5, 0.6) is 0 Å². The molecule has 0 fully saturated rings. The Labute approximate surface area is 114 Å². The zero-order chi connectivity index (χ0) is 13.0. The fraction of sp³-hybridized carbons (Fsp3) is 0.231. The molecule has 2 N–H and O–H groups in total. The minimum atomic E-state index is -0.467. The molecule has 1 unspecified atom stereocenters. The molecule has 1 atom stereocenters. The van der Waals surface area contributed by atoms with Crippen LogP contribution in [0.15, 0.2) is 35.7 Å². The summed E-state index contributed by atoms with van der Waals surface area (Å²) >= 11 is 7.27. The van der Waals surface area contributed by atoms with E-state index < -0.39 is 5.82 Å². The van der Waals surface area contributed by atoms with Crippen LogP contribution in [-0.2, 0) is 6.54 Å². The van der Waals surface area contributed by atoms with E-state index in [4.69, 9.17) is 11.6 Å². The van der Waals surface area contributed by atoms with Gasteiger partial charge in [0, 0.05) is 11.4 Å². The molecule has 1 heterocycles.